The van der Waals surface area contributed by atoms with E-state index in [1.807, 2.05) is 29.7 Å². The Morgan fingerprint density at radius 1 is 1.13 bits per heavy atom. The summed E-state index contributed by atoms with van der Waals surface area (Å²) in [6.45, 7) is 1.64. The number of rotatable bonds is 6. The van der Waals surface area contributed by atoms with Crippen LogP contribution in [0.2, 0.25) is 0 Å². The van der Waals surface area contributed by atoms with Crippen LogP contribution in [0, 0.1) is 0 Å². The fourth-order valence-corrected chi connectivity index (χ4v) is 4.21. The minimum absolute atomic E-state index is 0.189. The molecule has 160 valence electrons. The minimum Gasteiger partial charge on any atom is -0.497 e. The van der Waals surface area contributed by atoms with Crippen molar-refractivity contribution in [3.8, 4) is 17.2 Å². The molecule has 0 aliphatic carbocycles. The van der Waals surface area contributed by atoms with Crippen molar-refractivity contribution in [2.75, 3.05) is 31.8 Å². The summed E-state index contributed by atoms with van der Waals surface area (Å²) in [4.78, 5) is 30.1. The molecule has 3 aromatic rings. The van der Waals surface area contributed by atoms with E-state index < -0.39 is 6.04 Å². The number of aromatic amines is 1. The van der Waals surface area contributed by atoms with Crippen LogP contribution < -0.4 is 24.4 Å². The molecule has 3 heterocycles. The van der Waals surface area contributed by atoms with Crippen LogP contribution in [0.1, 0.15) is 12.0 Å². The summed E-state index contributed by atoms with van der Waals surface area (Å²) in [5, 5.41) is 3.07. The molecule has 3 N–H and O–H groups in total. The second kappa shape index (κ2) is 7.96. The number of benzene rings is 2. The van der Waals surface area contributed by atoms with Crippen molar-refractivity contribution in [2.45, 2.75) is 18.9 Å². The first kappa shape index (κ1) is 19.4. The molecule has 1 atom stereocenters. The lowest BCUT2D eigenvalue weighted by atomic mass is 10.1. The molecule has 5 rings (SSSR count). The number of ether oxygens (including phenoxy) is 3. The summed E-state index contributed by atoms with van der Waals surface area (Å²) < 4.78 is 16.4. The first-order valence-electron chi connectivity index (χ1n) is 10.4. The monoisotopic (exact) mass is 422 g/mol. The number of amides is 2. The third kappa shape index (κ3) is 3.59. The molecule has 0 saturated carbocycles. The number of nitrogens with zero attached hydrogens (tertiary/aromatic N) is 1. The van der Waals surface area contributed by atoms with E-state index in [1.54, 1.807) is 25.3 Å². The van der Waals surface area contributed by atoms with Gasteiger partial charge in [-0.25, -0.2) is 4.90 Å². The fraction of sp³-hybridized carbons (Fsp3) is 0.304. The second-order valence-electron chi connectivity index (χ2n) is 7.71. The van der Waals surface area contributed by atoms with Crippen molar-refractivity contribution < 1.29 is 29.1 Å². The Bertz CT molecular complexity index is 1160. The van der Waals surface area contributed by atoms with Crippen LogP contribution >= 0.6 is 0 Å². The molecule has 2 aliphatic heterocycles. The van der Waals surface area contributed by atoms with Crippen molar-refractivity contribution in [2.24, 2.45) is 0 Å². The molecule has 1 aromatic heterocycles. The van der Waals surface area contributed by atoms with Crippen LogP contribution in [0.4, 0.5) is 5.69 Å². The molecule has 1 fully saturated rings. The van der Waals surface area contributed by atoms with Crippen LogP contribution in [0.25, 0.3) is 10.9 Å². The van der Waals surface area contributed by atoms with Crippen LogP contribution in [-0.2, 0) is 16.0 Å². The number of hydrogen-bond donors (Lipinski definition) is 2. The number of aromatic nitrogens is 1. The number of imide groups is 1. The summed E-state index contributed by atoms with van der Waals surface area (Å²) in [6.07, 6.45) is 2.95. The van der Waals surface area contributed by atoms with Gasteiger partial charge in [0.2, 0.25) is 5.91 Å². The summed E-state index contributed by atoms with van der Waals surface area (Å²) >= 11 is 0. The van der Waals surface area contributed by atoms with Crippen LogP contribution in [-0.4, -0.2) is 49.7 Å². The standard InChI is InChI=1S/C23H23N3O5/c1-29-16-3-4-18-17(11-16)14(13-25-18)6-7-24-19-12-22(27)26(23(19)28)15-2-5-20-21(10-15)31-9-8-30-20/h2-5,10-11,13,19,24-25H,6-9,12H2,1H3/p+1/t19-/m0/s1. The van der Waals surface area contributed by atoms with E-state index in [1.165, 1.54) is 4.90 Å². The van der Waals surface area contributed by atoms with E-state index in [-0.39, 0.29) is 18.2 Å². The van der Waals surface area contributed by atoms with E-state index in [4.69, 9.17) is 14.2 Å². The number of fused-ring (bicyclic) bond motifs is 2. The lowest BCUT2D eigenvalue weighted by molar-refractivity contribution is -0.674. The maximum Gasteiger partial charge on any atom is 0.292 e. The third-order valence-electron chi connectivity index (χ3n) is 5.80. The molecule has 1 saturated heterocycles. The number of anilines is 1. The summed E-state index contributed by atoms with van der Waals surface area (Å²) in [5.74, 6) is 1.62. The fourth-order valence-electron chi connectivity index (χ4n) is 4.21. The number of quaternary nitrogens is 1. The van der Waals surface area contributed by atoms with Crippen molar-refractivity contribution in [3.63, 3.8) is 0 Å². The number of carbonyl (C=O) groups is 2. The Hall–Kier alpha value is -3.52. The van der Waals surface area contributed by atoms with Gasteiger partial charge in [-0.2, -0.15) is 0 Å². The maximum absolute atomic E-state index is 13.0. The van der Waals surface area contributed by atoms with Gasteiger partial charge in [0.1, 0.15) is 19.0 Å². The van der Waals surface area contributed by atoms with Gasteiger partial charge in [0.15, 0.2) is 17.5 Å². The van der Waals surface area contributed by atoms with Gasteiger partial charge in [-0.15, -0.1) is 0 Å². The molecule has 0 unspecified atom stereocenters. The highest BCUT2D eigenvalue weighted by atomic mass is 16.6. The molecule has 2 amide bonds. The van der Waals surface area contributed by atoms with Crippen molar-refractivity contribution in [1.82, 2.24) is 4.98 Å². The van der Waals surface area contributed by atoms with Gasteiger partial charge in [0, 0.05) is 29.6 Å². The number of nitrogens with two attached hydrogens (primary N) is 1. The van der Waals surface area contributed by atoms with Crippen molar-refractivity contribution in [3.05, 3.63) is 48.2 Å². The topological polar surface area (TPSA) is 97.5 Å². The number of carbonyl (C=O) groups excluding carboxylic acids is 2. The number of hydrogen-bond acceptors (Lipinski definition) is 5. The highest BCUT2D eigenvalue weighted by Crippen LogP contribution is 2.35. The van der Waals surface area contributed by atoms with E-state index in [0.717, 1.165) is 28.6 Å². The smallest absolute Gasteiger partial charge is 0.292 e. The van der Waals surface area contributed by atoms with Crippen LogP contribution in [0.3, 0.4) is 0 Å². The predicted molar refractivity (Wildman–Crippen MR) is 114 cm³/mol. The summed E-state index contributed by atoms with van der Waals surface area (Å²) in [7, 11) is 1.65. The van der Waals surface area contributed by atoms with Crippen LogP contribution in [0.5, 0.6) is 17.2 Å². The van der Waals surface area contributed by atoms with Crippen molar-refractivity contribution in [1.29, 1.82) is 0 Å². The zero-order chi connectivity index (χ0) is 21.4. The highest BCUT2D eigenvalue weighted by molar-refractivity contribution is 6.21. The molecule has 2 aromatic carbocycles. The Balaban J connectivity index is 1.25. The lowest BCUT2D eigenvalue weighted by Gasteiger charge is -2.21. The second-order valence-corrected chi connectivity index (χ2v) is 7.71. The molecule has 0 spiro atoms. The lowest BCUT2D eigenvalue weighted by Crippen LogP contribution is -2.92. The molecule has 8 nitrogen and oxygen atoms in total. The molecule has 8 heteroatoms. The maximum atomic E-state index is 13.0. The van der Waals surface area contributed by atoms with Gasteiger partial charge in [-0.05, 0) is 35.9 Å². The minimum atomic E-state index is -0.416. The van der Waals surface area contributed by atoms with E-state index in [9.17, 15) is 9.59 Å². The third-order valence-corrected chi connectivity index (χ3v) is 5.80. The van der Waals surface area contributed by atoms with Crippen molar-refractivity contribution >= 4 is 28.4 Å². The summed E-state index contributed by atoms with van der Waals surface area (Å²) in [6, 6.07) is 10.7. The Morgan fingerprint density at radius 3 is 2.81 bits per heavy atom. The largest absolute Gasteiger partial charge is 0.497 e. The van der Waals surface area contributed by atoms with E-state index >= 15 is 0 Å². The number of H-pyrrole nitrogens is 1. The van der Waals surface area contributed by atoms with Gasteiger partial charge < -0.3 is 24.5 Å². The van der Waals surface area contributed by atoms with Crippen LogP contribution in [0.15, 0.2) is 42.6 Å². The zero-order valence-corrected chi connectivity index (χ0v) is 17.2. The van der Waals surface area contributed by atoms with Gasteiger partial charge in [-0.3, -0.25) is 9.59 Å². The molecule has 31 heavy (non-hydrogen) atoms. The normalized spacial score (nSPS) is 18.1. The molecule has 0 bridgehead atoms. The zero-order valence-electron chi connectivity index (χ0n) is 17.2. The Morgan fingerprint density at radius 2 is 1.97 bits per heavy atom. The SMILES string of the molecule is COc1ccc2[nH]cc(CC[NH2+][C@H]3CC(=O)N(c4ccc5c(c4)OCCO5)C3=O)c2c1. The Labute approximate surface area is 179 Å². The number of nitrogens with one attached hydrogen (secondary N) is 1. The molecular formula is C23H24N3O5+. The average Bonchev–Trinajstić information content (AvgIpc) is 3.33. The van der Waals surface area contributed by atoms with E-state index in [0.29, 0.717) is 36.9 Å². The first-order valence-corrected chi connectivity index (χ1v) is 10.4. The van der Waals surface area contributed by atoms with Gasteiger partial charge in [0.25, 0.3) is 5.91 Å². The number of methoxy groups -OCH3 is 1. The molecule has 2 aliphatic rings. The highest BCUT2D eigenvalue weighted by Gasteiger charge is 2.42. The quantitative estimate of drug-likeness (QED) is 0.585. The Kier molecular flexibility index (Phi) is 4.99. The van der Waals surface area contributed by atoms with E-state index in [2.05, 4.69) is 4.98 Å². The first-order chi connectivity index (χ1) is 15.1. The van der Waals surface area contributed by atoms with Gasteiger partial charge >= 0.3 is 0 Å². The molecular weight excluding hydrogens is 398 g/mol. The van der Waals surface area contributed by atoms with Gasteiger partial charge in [0.05, 0.1) is 25.8 Å². The molecule has 0 radical (unpaired) electrons. The van der Waals surface area contributed by atoms with Gasteiger partial charge in [-0.1, -0.05) is 0 Å². The summed E-state index contributed by atoms with van der Waals surface area (Å²) in [5.41, 5.74) is 2.73. The predicted octanol–water partition coefficient (Wildman–Crippen LogP) is 1.39. The average molecular weight is 422 g/mol.